The van der Waals surface area contributed by atoms with E-state index in [0.29, 0.717) is 17.8 Å². The zero-order valence-electron chi connectivity index (χ0n) is 30.0. The summed E-state index contributed by atoms with van der Waals surface area (Å²) in [6.45, 7) is 17.8. The molecule has 0 aliphatic carbocycles. The van der Waals surface area contributed by atoms with Crippen molar-refractivity contribution in [3.63, 3.8) is 0 Å². The molecule has 0 amide bonds. The van der Waals surface area contributed by atoms with Gasteiger partial charge in [-0.3, -0.25) is 4.57 Å². The topological polar surface area (TPSA) is 44.9 Å². The lowest BCUT2D eigenvalue weighted by atomic mass is 9.89. The molecule has 0 fully saturated rings. The van der Waals surface area contributed by atoms with Gasteiger partial charge in [-0.1, -0.05) is 71.0 Å². The number of hydrogen-bond acceptors (Lipinski definition) is 3. The minimum Gasteiger partial charge on any atom is -0.457 e. The molecule has 0 saturated heterocycles. The molecule has 0 aliphatic rings. The Bertz CT molecular complexity index is 2290. The minimum absolute atomic E-state index is 0.459. The number of nitrogens with zero attached hydrogens (tertiary/aromatic N) is 4. The van der Waals surface area contributed by atoms with Gasteiger partial charge in [-0.2, -0.15) is 5.10 Å². The summed E-state index contributed by atoms with van der Waals surface area (Å²) in [5, 5.41) is 7.44. The highest BCUT2D eigenvalue weighted by molar-refractivity contribution is 6.09. The Labute approximate surface area is 290 Å². The van der Waals surface area contributed by atoms with Gasteiger partial charge in [-0.15, -0.1) is 0 Å². The molecule has 0 aliphatic heterocycles. The molecule has 7 aromatic rings. The van der Waals surface area contributed by atoms with E-state index in [1.807, 2.05) is 12.3 Å². The van der Waals surface area contributed by atoms with Crippen LogP contribution < -0.4 is 4.74 Å². The maximum atomic E-state index is 6.76. The summed E-state index contributed by atoms with van der Waals surface area (Å²) in [5.41, 5.74) is 11.4. The van der Waals surface area contributed by atoms with E-state index in [4.69, 9.17) is 14.8 Å². The average Bonchev–Trinajstić information content (AvgIpc) is 3.56. The first kappa shape index (κ1) is 32.4. The van der Waals surface area contributed by atoms with Gasteiger partial charge in [-0.05, 0) is 116 Å². The van der Waals surface area contributed by atoms with Crippen molar-refractivity contribution < 1.29 is 4.74 Å². The third-order valence-corrected chi connectivity index (χ3v) is 9.85. The molecular formula is C44H46N4O. The first-order chi connectivity index (χ1) is 23.6. The van der Waals surface area contributed by atoms with Crippen LogP contribution in [-0.2, 0) is 6.42 Å². The molecule has 0 N–H and O–H groups in total. The van der Waals surface area contributed by atoms with E-state index in [1.165, 1.54) is 38.6 Å². The summed E-state index contributed by atoms with van der Waals surface area (Å²) < 4.78 is 11.1. The van der Waals surface area contributed by atoms with E-state index < -0.39 is 0 Å². The molecule has 7 rings (SSSR count). The zero-order chi connectivity index (χ0) is 34.4. The molecule has 0 radical (unpaired) electrons. The monoisotopic (exact) mass is 646 g/mol. The van der Waals surface area contributed by atoms with Gasteiger partial charge in [0.1, 0.15) is 17.3 Å². The van der Waals surface area contributed by atoms with Gasteiger partial charge in [0.05, 0.1) is 22.4 Å². The molecule has 0 saturated carbocycles. The molecular weight excluding hydrogens is 601 g/mol. The normalized spacial score (nSPS) is 12.4. The second-order valence-corrected chi connectivity index (χ2v) is 14.4. The van der Waals surface area contributed by atoms with Gasteiger partial charge in [0.2, 0.25) is 0 Å². The summed E-state index contributed by atoms with van der Waals surface area (Å²) in [5.74, 6) is 4.00. The number of aryl methyl sites for hydroxylation is 2. The van der Waals surface area contributed by atoms with Gasteiger partial charge in [0.25, 0.3) is 0 Å². The van der Waals surface area contributed by atoms with Gasteiger partial charge in [-0.25, -0.2) is 9.67 Å². The maximum Gasteiger partial charge on any atom is 0.137 e. The highest BCUT2D eigenvalue weighted by Crippen LogP contribution is 2.38. The van der Waals surface area contributed by atoms with Gasteiger partial charge in [0.15, 0.2) is 0 Å². The molecule has 5 heteroatoms. The number of pyridine rings is 1. The largest absolute Gasteiger partial charge is 0.457 e. The Balaban J connectivity index is 1.35. The number of aromatic nitrogens is 4. The third kappa shape index (κ3) is 6.26. The van der Waals surface area contributed by atoms with Crippen molar-refractivity contribution in [2.24, 2.45) is 11.8 Å². The van der Waals surface area contributed by atoms with E-state index in [2.05, 4.69) is 156 Å². The van der Waals surface area contributed by atoms with Gasteiger partial charge < -0.3 is 4.74 Å². The van der Waals surface area contributed by atoms with Crippen LogP contribution in [0.1, 0.15) is 68.6 Å². The van der Waals surface area contributed by atoms with E-state index >= 15 is 0 Å². The Morgan fingerprint density at radius 1 is 0.714 bits per heavy atom. The summed E-state index contributed by atoms with van der Waals surface area (Å²) in [4.78, 5) is 4.82. The molecule has 0 bridgehead atoms. The molecule has 0 spiro atoms. The smallest absolute Gasteiger partial charge is 0.137 e. The van der Waals surface area contributed by atoms with Crippen molar-refractivity contribution in [3.05, 3.63) is 131 Å². The minimum atomic E-state index is 0.459. The van der Waals surface area contributed by atoms with Crippen LogP contribution in [-0.4, -0.2) is 19.3 Å². The molecule has 3 heterocycles. The third-order valence-electron chi connectivity index (χ3n) is 9.85. The second-order valence-electron chi connectivity index (χ2n) is 14.4. The fourth-order valence-electron chi connectivity index (χ4n) is 7.11. The van der Waals surface area contributed by atoms with Crippen LogP contribution in [0, 0.1) is 32.6 Å². The molecule has 5 nitrogen and oxygen atoms in total. The van der Waals surface area contributed by atoms with Gasteiger partial charge in [0, 0.05) is 40.4 Å². The number of hydrogen-bond donors (Lipinski definition) is 0. The predicted molar refractivity (Wildman–Crippen MR) is 204 cm³/mol. The van der Waals surface area contributed by atoms with Crippen molar-refractivity contribution in [2.45, 2.75) is 67.7 Å². The first-order valence-corrected chi connectivity index (χ1v) is 17.5. The maximum absolute atomic E-state index is 6.76. The molecule has 3 aromatic heterocycles. The van der Waals surface area contributed by atoms with Crippen molar-refractivity contribution in [3.8, 4) is 34.1 Å². The Morgan fingerprint density at radius 3 is 2.24 bits per heavy atom. The molecule has 1 unspecified atom stereocenters. The van der Waals surface area contributed by atoms with Crippen LogP contribution in [0.2, 0.25) is 0 Å². The van der Waals surface area contributed by atoms with Crippen LogP contribution in [0.25, 0.3) is 44.4 Å². The SMILES string of the molecule is Cc1ccnc(-n2c3ccc(C(C)C(C)C)cc3c3ccc(Oc4cc(CC(C)C)cc(-n5nc(C)c(-c6ccccc6)c5C)c4)cc32)c1. The average molecular weight is 647 g/mol. The lowest BCUT2D eigenvalue weighted by Crippen LogP contribution is -2.03. The van der Waals surface area contributed by atoms with Crippen molar-refractivity contribution in [1.29, 1.82) is 0 Å². The quantitative estimate of drug-likeness (QED) is 0.157. The predicted octanol–water partition coefficient (Wildman–Crippen LogP) is 11.7. The lowest BCUT2D eigenvalue weighted by Gasteiger charge is -2.16. The summed E-state index contributed by atoms with van der Waals surface area (Å²) >= 11 is 0. The molecule has 49 heavy (non-hydrogen) atoms. The van der Waals surface area contributed by atoms with Crippen LogP contribution in [0.15, 0.2) is 103 Å². The fourth-order valence-corrected chi connectivity index (χ4v) is 7.11. The van der Waals surface area contributed by atoms with Crippen molar-refractivity contribution >= 4 is 21.8 Å². The number of rotatable bonds is 9. The highest BCUT2D eigenvalue weighted by atomic mass is 16.5. The number of fused-ring (bicyclic) bond motifs is 3. The van der Waals surface area contributed by atoms with Crippen LogP contribution >= 0.6 is 0 Å². The lowest BCUT2D eigenvalue weighted by molar-refractivity contribution is 0.481. The van der Waals surface area contributed by atoms with E-state index in [0.717, 1.165) is 51.8 Å². The zero-order valence-corrected chi connectivity index (χ0v) is 30.0. The van der Waals surface area contributed by atoms with Gasteiger partial charge >= 0.3 is 0 Å². The molecule has 4 aromatic carbocycles. The Hall–Kier alpha value is -5.16. The van der Waals surface area contributed by atoms with Crippen molar-refractivity contribution in [2.75, 3.05) is 0 Å². The van der Waals surface area contributed by atoms with Crippen molar-refractivity contribution in [1.82, 2.24) is 19.3 Å². The fraction of sp³-hybridized carbons (Fsp3) is 0.273. The molecule has 248 valence electrons. The molecule has 1 atom stereocenters. The van der Waals surface area contributed by atoms with Crippen LogP contribution in [0.3, 0.4) is 0 Å². The standard InChI is InChI=1S/C44H46N4O/c1-27(2)20-33-22-36(48-32(8)44(31(7)46-48)34-12-10-9-11-13-34)25-38(23-33)49-37-15-16-39-40-24-35(30(6)28(3)4)14-17-41(40)47(42(39)26-37)43-21-29(5)18-19-45-43/h9-19,21-28,30H,20H2,1-8H3. The number of ether oxygens (including phenoxy) is 1. The second kappa shape index (κ2) is 13.0. The van der Waals surface area contributed by atoms with Crippen LogP contribution in [0.5, 0.6) is 11.5 Å². The van der Waals surface area contributed by atoms with E-state index in [9.17, 15) is 0 Å². The summed E-state index contributed by atoms with van der Waals surface area (Å²) in [6, 6.07) is 34.6. The summed E-state index contributed by atoms with van der Waals surface area (Å²) in [6.07, 6.45) is 2.83. The number of benzene rings is 4. The van der Waals surface area contributed by atoms with E-state index in [-0.39, 0.29) is 0 Å². The van der Waals surface area contributed by atoms with Crippen LogP contribution in [0.4, 0.5) is 0 Å². The first-order valence-electron chi connectivity index (χ1n) is 17.5. The Kier molecular flexibility index (Phi) is 8.62. The summed E-state index contributed by atoms with van der Waals surface area (Å²) in [7, 11) is 0. The highest BCUT2D eigenvalue weighted by Gasteiger charge is 2.19. The van der Waals surface area contributed by atoms with E-state index in [1.54, 1.807) is 0 Å². The Morgan fingerprint density at radius 2 is 1.51 bits per heavy atom.